The molecule has 2 N–H and O–H groups in total. The second kappa shape index (κ2) is 10.8. The average Bonchev–Trinajstić information content (AvgIpc) is 3.25. The van der Waals surface area contributed by atoms with E-state index >= 15 is 0 Å². The molecule has 0 unspecified atom stereocenters. The number of hydrogen-bond acceptors (Lipinski definition) is 5. The first-order valence-corrected chi connectivity index (χ1v) is 11.8. The number of benzene rings is 2. The van der Waals surface area contributed by atoms with Gasteiger partial charge in [-0.25, -0.2) is 9.89 Å². The van der Waals surface area contributed by atoms with Crippen LogP contribution in [0.5, 0.6) is 0 Å². The minimum absolute atomic E-state index is 0.0247. The molecule has 1 aromatic heterocycles. The highest BCUT2D eigenvalue weighted by Crippen LogP contribution is 2.37. The van der Waals surface area contributed by atoms with Gasteiger partial charge in [0.25, 0.3) is 0 Å². The van der Waals surface area contributed by atoms with Crippen molar-refractivity contribution in [2.45, 2.75) is 44.5 Å². The number of rotatable bonds is 7. The van der Waals surface area contributed by atoms with Crippen molar-refractivity contribution in [3.63, 3.8) is 0 Å². The Morgan fingerprint density at radius 1 is 1.03 bits per heavy atom. The second-order valence-corrected chi connectivity index (χ2v) is 9.39. The number of H-pyrrole nitrogens is 2. The van der Waals surface area contributed by atoms with E-state index in [9.17, 15) is 35.9 Å². The first kappa shape index (κ1) is 28.4. The fourth-order valence-corrected chi connectivity index (χ4v) is 4.64. The SMILES string of the molecule is Cc1cccc([C@H]2[C@@H](COCc3cc(C(F)(F)F)cc(C(F)(F)F)c3)N(C)C(=O)CN2Cc2n[nH]c(=O)[nH]2)c1. The molecule has 1 saturated heterocycles. The quantitative estimate of drug-likeness (QED) is 0.428. The zero-order valence-corrected chi connectivity index (χ0v) is 20.9. The number of aryl methyl sites for hydroxylation is 1. The minimum atomic E-state index is -4.98. The van der Waals surface area contributed by atoms with Crippen LogP contribution in [0.4, 0.5) is 26.3 Å². The van der Waals surface area contributed by atoms with Crippen LogP contribution in [-0.4, -0.2) is 57.1 Å². The van der Waals surface area contributed by atoms with E-state index in [1.165, 1.54) is 4.90 Å². The van der Waals surface area contributed by atoms with Crippen LogP contribution in [0.3, 0.4) is 0 Å². The largest absolute Gasteiger partial charge is 0.416 e. The molecule has 14 heteroatoms. The number of carbonyl (C=O) groups is 1. The number of aromatic amines is 2. The third-order valence-corrected chi connectivity index (χ3v) is 6.48. The van der Waals surface area contributed by atoms with Gasteiger partial charge in [0, 0.05) is 7.05 Å². The lowest BCUT2D eigenvalue weighted by atomic mass is 9.93. The predicted octanol–water partition coefficient (Wildman–Crippen LogP) is 4.04. The molecule has 1 amide bonds. The van der Waals surface area contributed by atoms with Gasteiger partial charge in [-0.05, 0) is 36.2 Å². The summed E-state index contributed by atoms with van der Waals surface area (Å²) in [5.74, 6) is 0.00197. The molecule has 39 heavy (non-hydrogen) atoms. The van der Waals surface area contributed by atoms with Crippen LogP contribution in [-0.2, 0) is 35.0 Å². The summed E-state index contributed by atoms with van der Waals surface area (Å²) in [7, 11) is 1.55. The number of carbonyl (C=O) groups excluding carboxylic acids is 1. The number of piperazine rings is 1. The molecule has 8 nitrogen and oxygen atoms in total. The molecule has 0 saturated carbocycles. The van der Waals surface area contributed by atoms with Crippen molar-refractivity contribution in [3.8, 4) is 0 Å². The number of hydrogen-bond donors (Lipinski definition) is 2. The van der Waals surface area contributed by atoms with Crippen LogP contribution in [0.1, 0.15) is 39.7 Å². The van der Waals surface area contributed by atoms with Gasteiger partial charge in [-0.2, -0.15) is 31.4 Å². The van der Waals surface area contributed by atoms with E-state index in [1.54, 1.807) is 11.9 Å². The maximum atomic E-state index is 13.3. The van der Waals surface area contributed by atoms with Crippen LogP contribution in [0.2, 0.25) is 0 Å². The summed E-state index contributed by atoms with van der Waals surface area (Å²) < 4.78 is 85.2. The van der Waals surface area contributed by atoms with Gasteiger partial charge in [-0.3, -0.25) is 14.7 Å². The van der Waals surface area contributed by atoms with Crippen LogP contribution in [0.15, 0.2) is 47.3 Å². The molecule has 1 aliphatic rings. The van der Waals surface area contributed by atoms with E-state index in [2.05, 4.69) is 15.2 Å². The van der Waals surface area contributed by atoms with Crippen LogP contribution >= 0.6 is 0 Å². The number of alkyl halides is 6. The predicted molar refractivity (Wildman–Crippen MR) is 126 cm³/mol. The number of ether oxygens (including phenoxy) is 1. The topological polar surface area (TPSA) is 94.3 Å². The summed E-state index contributed by atoms with van der Waals surface area (Å²) in [6.07, 6.45) is -9.95. The normalized spacial score (nSPS) is 19.1. The van der Waals surface area contributed by atoms with Crippen LogP contribution < -0.4 is 5.69 Å². The van der Waals surface area contributed by atoms with E-state index in [0.29, 0.717) is 18.0 Å². The fourth-order valence-electron chi connectivity index (χ4n) is 4.64. The third kappa shape index (κ3) is 6.68. The standard InChI is InChI=1S/C25H25F6N5O3/c1-14-4-3-5-16(6-14)22-19(35(2)21(37)11-36(22)10-20-32-23(38)34-33-20)13-39-12-15-7-17(24(26,27)28)9-18(8-15)25(29,30)31/h3-9,19,22H,10-13H2,1-2H3,(H2,32,33,34,38)/t19-,22+/m1/s1. The number of amides is 1. The van der Waals surface area contributed by atoms with E-state index in [1.807, 2.05) is 31.2 Å². The lowest BCUT2D eigenvalue weighted by Gasteiger charge is -2.45. The summed E-state index contributed by atoms with van der Waals surface area (Å²) in [4.78, 5) is 30.2. The van der Waals surface area contributed by atoms with E-state index in [4.69, 9.17) is 4.74 Å². The molecule has 2 aromatic carbocycles. The molecule has 0 spiro atoms. The average molecular weight is 557 g/mol. The molecular weight excluding hydrogens is 532 g/mol. The van der Waals surface area contributed by atoms with Crippen molar-refractivity contribution < 1.29 is 35.9 Å². The van der Waals surface area contributed by atoms with Crippen molar-refractivity contribution in [3.05, 3.63) is 86.6 Å². The second-order valence-electron chi connectivity index (χ2n) is 9.39. The Labute approximate surface area is 218 Å². The van der Waals surface area contributed by atoms with Crippen molar-refractivity contribution in [1.82, 2.24) is 25.0 Å². The zero-order chi connectivity index (χ0) is 28.5. The van der Waals surface area contributed by atoms with Crippen molar-refractivity contribution >= 4 is 5.91 Å². The molecule has 1 fully saturated rings. The molecule has 0 bridgehead atoms. The van der Waals surface area contributed by atoms with Gasteiger partial charge in [0.15, 0.2) is 0 Å². The Bertz CT molecular complexity index is 1350. The molecule has 4 rings (SSSR count). The molecular formula is C25H25F6N5O3. The monoisotopic (exact) mass is 557 g/mol. The van der Waals surface area contributed by atoms with Gasteiger partial charge in [-0.15, -0.1) is 0 Å². The number of likely N-dealkylation sites (N-methyl/N-ethyl adjacent to an activating group) is 1. The molecule has 2 heterocycles. The lowest BCUT2D eigenvalue weighted by Crippen LogP contribution is -2.57. The van der Waals surface area contributed by atoms with Gasteiger partial charge in [-0.1, -0.05) is 29.8 Å². The number of nitrogens with zero attached hydrogens (tertiary/aromatic N) is 3. The number of halogens is 6. The highest BCUT2D eigenvalue weighted by molar-refractivity contribution is 5.79. The number of aromatic nitrogens is 3. The summed E-state index contributed by atoms with van der Waals surface area (Å²) >= 11 is 0. The first-order valence-electron chi connectivity index (χ1n) is 11.8. The smallest absolute Gasteiger partial charge is 0.375 e. The summed E-state index contributed by atoms with van der Waals surface area (Å²) in [6.45, 7) is 1.22. The number of nitrogens with one attached hydrogen (secondary N) is 2. The van der Waals surface area contributed by atoms with E-state index < -0.39 is 47.9 Å². The maximum absolute atomic E-state index is 13.3. The molecule has 3 aromatic rings. The summed E-state index contributed by atoms with van der Waals surface area (Å²) in [5.41, 5.74) is -1.95. The van der Waals surface area contributed by atoms with Crippen LogP contribution in [0.25, 0.3) is 0 Å². The van der Waals surface area contributed by atoms with Crippen molar-refractivity contribution in [1.29, 1.82) is 0 Å². The molecule has 1 aliphatic heterocycles. The lowest BCUT2D eigenvalue weighted by molar-refractivity contribution is -0.146. The molecule has 0 radical (unpaired) electrons. The van der Waals surface area contributed by atoms with Gasteiger partial charge in [0.1, 0.15) is 5.82 Å². The highest BCUT2D eigenvalue weighted by Gasteiger charge is 2.41. The Morgan fingerprint density at radius 3 is 2.26 bits per heavy atom. The Hall–Kier alpha value is -3.65. The van der Waals surface area contributed by atoms with Gasteiger partial charge in [0.05, 0.1) is 49.5 Å². The third-order valence-electron chi connectivity index (χ3n) is 6.48. The maximum Gasteiger partial charge on any atom is 0.416 e. The van der Waals surface area contributed by atoms with Gasteiger partial charge < -0.3 is 9.64 Å². The minimum Gasteiger partial charge on any atom is -0.375 e. The Kier molecular flexibility index (Phi) is 7.89. The van der Waals surface area contributed by atoms with Gasteiger partial charge in [0.2, 0.25) is 5.91 Å². The van der Waals surface area contributed by atoms with Crippen molar-refractivity contribution in [2.24, 2.45) is 0 Å². The van der Waals surface area contributed by atoms with Crippen LogP contribution in [0, 0.1) is 6.92 Å². The van der Waals surface area contributed by atoms with Gasteiger partial charge >= 0.3 is 18.0 Å². The van der Waals surface area contributed by atoms with E-state index in [0.717, 1.165) is 11.1 Å². The van der Waals surface area contributed by atoms with Crippen molar-refractivity contribution in [2.75, 3.05) is 20.2 Å². The fraction of sp³-hybridized carbons (Fsp3) is 0.400. The molecule has 210 valence electrons. The first-order chi connectivity index (χ1) is 18.2. The van der Waals surface area contributed by atoms with E-state index in [-0.39, 0.29) is 37.2 Å². The Morgan fingerprint density at radius 2 is 1.69 bits per heavy atom. The highest BCUT2D eigenvalue weighted by atomic mass is 19.4. The summed E-state index contributed by atoms with van der Waals surface area (Å²) in [6, 6.07) is 7.60. The summed E-state index contributed by atoms with van der Waals surface area (Å²) in [5, 5.41) is 6.18. The zero-order valence-electron chi connectivity index (χ0n) is 20.9. The molecule has 2 atom stereocenters. The molecule has 0 aliphatic carbocycles. The Balaban J connectivity index is 1.62.